The van der Waals surface area contributed by atoms with E-state index in [0.29, 0.717) is 0 Å². The van der Waals surface area contributed by atoms with Crippen molar-refractivity contribution in [2.75, 3.05) is 5.73 Å². The molecule has 1 nitrogen and oxygen atoms in total. The van der Waals surface area contributed by atoms with Crippen LogP contribution in [0.25, 0.3) is 42.4 Å². The van der Waals surface area contributed by atoms with Crippen LogP contribution >= 0.6 is 11.3 Å². The Bertz CT molecular complexity index is 1220. The van der Waals surface area contributed by atoms with E-state index in [-0.39, 0.29) is 0 Å². The van der Waals surface area contributed by atoms with Crippen LogP contribution in [0.1, 0.15) is 0 Å². The van der Waals surface area contributed by atoms with Crippen LogP contribution in [0.4, 0.5) is 5.69 Å². The van der Waals surface area contributed by atoms with E-state index in [1.807, 2.05) is 12.1 Å². The monoisotopic (exact) mass is 351 g/mol. The summed E-state index contributed by atoms with van der Waals surface area (Å²) in [6, 6.07) is 31.8. The molecular formula is C24H17NS. The Kier molecular flexibility index (Phi) is 3.51. The van der Waals surface area contributed by atoms with Gasteiger partial charge in [-0.1, -0.05) is 78.9 Å². The van der Waals surface area contributed by atoms with Crippen LogP contribution < -0.4 is 5.73 Å². The summed E-state index contributed by atoms with van der Waals surface area (Å²) in [5.74, 6) is 0. The molecule has 124 valence electrons. The molecule has 0 spiro atoms. The second-order valence-electron chi connectivity index (χ2n) is 6.42. The molecule has 4 aromatic carbocycles. The van der Waals surface area contributed by atoms with E-state index in [2.05, 4.69) is 78.9 Å². The van der Waals surface area contributed by atoms with Crippen LogP contribution in [-0.4, -0.2) is 0 Å². The van der Waals surface area contributed by atoms with Crippen molar-refractivity contribution in [3.8, 4) is 22.3 Å². The smallest absolute Gasteiger partial charge is 0.0591 e. The van der Waals surface area contributed by atoms with Crippen molar-refractivity contribution in [3.05, 3.63) is 91.0 Å². The van der Waals surface area contributed by atoms with Gasteiger partial charge in [-0.25, -0.2) is 0 Å². The van der Waals surface area contributed by atoms with E-state index in [1.54, 1.807) is 11.3 Å². The summed E-state index contributed by atoms with van der Waals surface area (Å²) in [6.07, 6.45) is 0. The Morgan fingerprint density at radius 2 is 1.23 bits per heavy atom. The zero-order chi connectivity index (χ0) is 17.5. The van der Waals surface area contributed by atoms with Crippen LogP contribution in [0.3, 0.4) is 0 Å². The molecule has 1 aromatic heterocycles. The van der Waals surface area contributed by atoms with Gasteiger partial charge in [0.1, 0.15) is 0 Å². The summed E-state index contributed by atoms with van der Waals surface area (Å²) >= 11 is 1.78. The first kappa shape index (κ1) is 15.2. The Labute approximate surface area is 156 Å². The van der Waals surface area contributed by atoms with Crippen molar-refractivity contribution in [1.29, 1.82) is 0 Å². The van der Waals surface area contributed by atoms with Crippen LogP contribution in [-0.2, 0) is 0 Å². The Hall–Kier alpha value is -3.10. The van der Waals surface area contributed by atoms with Gasteiger partial charge in [-0.15, -0.1) is 11.3 Å². The fraction of sp³-hybridized carbons (Fsp3) is 0. The maximum absolute atomic E-state index is 6.76. The molecule has 0 bridgehead atoms. The first-order chi connectivity index (χ1) is 12.8. The predicted molar refractivity (Wildman–Crippen MR) is 115 cm³/mol. The number of thiophene rings is 1. The lowest BCUT2D eigenvalue weighted by Gasteiger charge is -2.14. The highest BCUT2D eigenvalue weighted by Gasteiger charge is 2.17. The van der Waals surface area contributed by atoms with E-state index in [9.17, 15) is 0 Å². The van der Waals surface area contributed by atoms with Crippen LogP contribution in [0, 0.1) is 0 Å². The summed E-state index contributed by atoms with van der Waals surface area (Å²) in [6.45, 7) is 0. The van der Waals surface area contributed by atoms with Gasteiger partial charge < -0.3 is 5.73 Å². The fourth-order valence-electron chi connectivity index (χ4n) is 3.65. The second kappa shape index (κ2) is 6.01. The molecule has 26 heavy (non-hydrogen) atoms. The molecule has 0 aliphatic rings. The Balaban J connectivity index is 1.95. The molecule has 0 saturated carbocycles. The van der Waals surface area contributed by atoms with E-state index < -0.39 is 0 Å². The van der Waals surface area contributed by atoms with Gasteiger partial charge in [0.25, 0.3) is 0 Å². The summed E-state index contributed by atoms with van der Waals surface area (Å²) in [5.41, 5.74) is 12.3. The minimum Gasteiger partial charge on any atom is -0.397 e. The normalized spacial score (nSPS) is 11.2. The fourth-order valence-corrected chi connectivity index (χ4v) is 4.79. The third kappa shape index (κ3) is 2.31. The number of anilines is 1. The van der Waals surface area contributed by atoms with E-state index >= 15 is 0 Å². The maximum atomic E-state index is 6.76. The predicted octanol–water partition coefficient (Wildman–Crippen LogP) is 6.97. The minimum absolute atomic E-state index is 0.869. The lowest BCUT2D eigenvalue weighted by Crippen LogP contribution is -1.94. The molecular weight excluding hydrogens is 334 g/mol. The van der Waals surface area contributed by atoms with Crippen molar-refractivity contribution in [1.82, 2.24) is 0 Å². The molecule has 2 N–H and O–H groups in total. The maximum Gasteiger partial charge on any atom is 0.0591 e. The SMILES string of the molecule is Nc1c(-c2ccccc2)c(-c2ccccc2)cc2c1sc1ccccc12. The van der Waals surface area contributed by atoms with Gasteiger partial charge in [0, 0.05) is 21.0 Å². The molecule has 0 unspecified atom stereocenters. The van der Waals surface area contributed by atoms with Crippen LogP contribution in [0.5, 0.6) is 0 Å². The number of hydrogen-bond donors (Lipinski definition) is 1. The molecule has 0 aliphatic carbocycles. The molecule has 2 heteroatoms. The molecule has 0 saturated heterocycles. The zero-order valence-corrected chi connectivity index (χ0v) is 15.0. The zero-order valence-electron chi connectivity index (χ0n) is 14.1. The standard InChI is InChI=1S/C24H17NS/c25-23-22(17-11-5-2-6-12-17)19(16-9-3-1-4-10-16)15-20-18-13-7-8-14-21(18)26-24(20)23/h1-15H,25H2. The summed E-state index contributed by atoms with van der Waals surface area (Å²) < 4.78 is 2.45. The highest BCUT2D eigenvalue weighted by atomic mass is 32.1. The number of fused-ring (bicyclic) bond motifs is 3. The largest absolute Gasteiger partial charge is 0.397 e. The van der Waals surface area contributed by atoms with Gasteiger partial charge in [0.05, 0.1) is 10.4 Å². The van der Waals surface area contributed by atoms with Crippen molar-refractivity contribution < 1.29 is 0 Å². The summed E-state index contributed by atoms with van der Waals surface area (Å²) in [5, 5.41) is 2.51. The van der Waals surface area contributed by atoms with Gasteiger partial charge >= 0.3 is 0 Å². The number of hydrogen-bond acceptors (Lipinski definition) is 2. The van der Waals surface area contributed by atoms with Crippen LogP contribution in [0.2, 0.25) is 0 Å². The van der Waals surface area contributed by atoms with Crippen molar-refractivity contribution in [2.45, 2.75) is 0 Å². The average molecular weight is 351 g/mol. The van der Waals surface area contributed by atoms with Crippen molar-refractivity contribution in [3.63, 3.8) is 0 Å². The quantitative estimate of drug-likeness (QED) is 0.341. The third-order valence-corrected chi connectivity index (χ3v) is 6.07. The molecule has 0 radical (unpaired) electrons. The Morgan fingerprint density at radius 3 is 1.96 bits per heavy atom. The van der Waals surface area contributed by atoms with Gasteiger partial charge in [0.15, 0.2) is 0 Å². The van der Waals surface area contributed by atoms with E-state index in [1.165, 1.54) is 31.3 Å². The first-order valence-corrected chi connectivity index (χ1v) is 9.49. The third-order valence-electron chi connectivity index (χ3n) is 4.85. The first-order valence-electron chi connectivity index (χ1n) is 8.67. The number of benzene rings is 4. The van der Waals surface area contributed by atoms with Gasteiger partial charge in [-0.05, 0) is 28.8 Å². The molecule has 5 rings (SSSR count). The van der Waals surface area contributed by atoms with Crippen LogP contribution in [0.15, 0.2) is 91.0 Å². The number of rotatable bonds is 2. The molecule has 1 heterocycles. The number of nitrogens with two attached hydrogens (primary N) is 1. The number of nitrogen functional groups attached to an aromatic ring is 1. The average Bonchev–Trinajstić information content (AvgIpc) is 3.08. The lowest BCUT2D eigenvalue weighted by atomic mass is 9.91. The molecule has 5 aromatic rings. The molecule has 0 atom stereocenters. The molecule has 0 amide bonds. The Morgan fingerprint density at radius 1 is 0.615 bits per heavy atom. The topological polar surface area (TPSA) is 26.0 Å². The van der Waals surface area contributed by atoms with E-state index in [4.69, 9.17) is 5.73 Å². The lowest BCUT2D eigenvalue weighted by molar-refractivity contribution is 1.61. The van der Waals surface area contributed by atoms with Crippen molar-refractivity contribution in [2.24, 2.45) is 0 Å². The van der Waals surface area contributed by atoms with Gasteiger partial charge in [-0.3, -0.25) is 0 Å². The second-order valence-corrected chi connectivity index (χ2v) is 7.47. The van der Waals surface area contributed by atoms with Gasteiger partial charge in [0.2, 0.25) is 0 Å². The van der Waals surface area contributed by atoms with Gasteiger partial charge in [-0.2, -0.15) is 0 Å². The highest BCUT2D eigenvalue weighted by molar-refractivity contribution is 7.26. The summed E-state index contributed by atoms with van der Waals surface area (Å²) in [4.78, 5) is 0. The summed E-state index contributed by atoms with van der Waals surface area (Å²) in [7, 11) is 0. The van der Waals surface area contributed by atoms with E-state index in [0.717, 1.165) is 16.8 Å². The minimum atomic E-state index is 0.869. The highest BCUT2D eigenvalue weighted by Crippen LogP contribution is 2.46. The molecule has 0 fully saturated rings. The molecule has 0 aliphatic heterocycles. The van der Waals surface area contributed by atoms with Crippen molar-refractivity contribution >= 4 is 37.2 Å².